The lowest BCUT2D eigenvalue weighted by Gasteiger charge is -2.19. The molecule has 0 rings (SSSR count). The molecule has 0 heterocycles. The molecule has 86 valence electrons. The third-order valence-corrected chi connectivity index (χ3v) is 2.79. The summed E-state index contributed by atoms with van der Waals surface area (Å²) in [5.74, 6) is -2.07. The van der Waals surface area contributed by atoms with Crippen LogP contribution in [0.3, 0.4) is 0 Å². The van der Waals surface area contributed by atoms with Crippen LogP contribution in [0.25, 0.3) is 0 Å². The minimum absolute atomic E-state index is 0.395. The molecule has 0 aliphatic heterocycles. The third-order valence-electron chi connectivity index (χ3n) is 2.01. The highest BCUT2D eigenvalue weighted by atomic mass is 35.5. The van der Waals surface area contributed by atoms with E-state index in [1.54, 1.807) is 0 Å². The maximum atomic E-state index is 8.69. The maximum Gasteiger partial charge on any atom is 0.292 e. The van der Waals surface area contributed by atoms with Gasteiger partial charge in [-0.25, -0.2) is 0 Å². The van der Waals surface area contributed by atoms with Gasteiger partial charge in [0.2, 0.25) is 0 Å². The number of halogens is 2. The van der Waals surface area contributed by atoms with Gasteiger partial charge in [0.15, 0.2) is 0 Å². The SMILES string of the molecule is OC(O)(O)C(Cl)CCCCCCCCl. The molecule has 1 atom stereocenters. The highest BCUT2D eigenvalue weighted by Gasteiger charge is 2.29. The van der Waals surface area contributed by atoms with E-state index < -0.39 is 11.4 Å². The molecule has 0 amide bonds. The Balaban J connectivity index is 3.28. The zero-order chi connectivity index (χ0) is 11.0. The first-order chi connectivity index (χ1) is 6.48. The zero-order valence-electron chi connectivity index (χ0n) is 8.12. The van der Waals surface area contributed by atoms with E-state index >= 15 is 0 Å². The highest BCUT2D eigenvalue weighted by Crippen LogP contribution is 2.18. The summed E-state index contributed by atoms with van der Waals surface area (Å²) in [6.07, 6.45) is 5.29. The molecule has 14 heavy (non-hydrogen) atoms. The predicted octanol–water partition coefficient (Wildman–Crippen LogP) is 1.80. The van der Waals surface area contributed by atoms with Crippen LogP contribution in [0.1, 0.15) is 38.5 Å². The van der Waals surface area contributed by atoms with E-state index in [9.17, 15) is 0 Å². The molecular weight excluding hydrogens is 227 g/mol. The molecule has 3 N–H and O–H groups in total. The minimum Gasteiger partial charge on any atom is -0.342 e. The van der Waals surface area contributed by atoms with Crippen LogP contribution in [-0.2, 0) is 0 Å². The molecule has 0 aliphatic carbocycles. The smallest absolute Gasteiger partial charge is 0.292 e. The Kier molecular flexibility index (Phi) is 7.97. The normalized spacial score (nSPS) is 14.4. The molecule has 3 nitrogen and oxygen atoms in total. The Morgan fingerprint density at radius 2 is 1.43 bits per heavy atom. The van der Waals surface area contributed by atoms with Crippen molar-refractivity contribution in [1.29, 1.82) is 0 Å². The molecule has 0 aromatic rings. The molecule has 0 aliphatic rings. The van der Waals surface area contributed by atoms with Crippen LogP contribution < -0.4 is 0 Å². The maximum absolute atomic E-state index is 8.69. The van der Waals surface area contributed by atoms with Gasteiger partial charge in [0.1, 0.15) is 5.38 Å². The lowest BCUT2D eigenvalue weighted by atomic mass is 10.1. The quantitative estimate of drug-likeness (QED) is 0.347. The van der Waals surface area contributed by atoms with E-state index in [2.05, 4.69) is 0 Å². The fourth-order valence-corrected chi connectivity index (χ4v) is 1.49. The van der Waals surface area contributed by atoms with Crippen molar-refractivity contribution in [3.05, 3.63) is 0 Å². The molecule has 0 bridgehead atoms. The van der Waals surface area contributed by atoms with Crippen LogP contribution in [0, 0.1) is 0 Å². The second-order valence-electron chi connectivity index (χ2n) is 3.40. The number of aliphatic hydroxyl groups is 3. The second kappa shape index (κ2) is 7.71. The summed E-state index contributed by atoms with van der Waals surface area (Å²) in [7, 11) is 0. The van der Waals surface area contributed by atoms with Crippen LogP contribution in [-0.4, -0.2) is 32.5 Å². The monoisotopic (exact) mass is 244 g/mol. The molecule has 1 unspecified atom stereocenters. The lowest BCUT2D eigenvalue weighted by Crippen LogP contribution is -2.38. The van der Waals surface area contributed by atoms with Crippen molar-refractivity contribution in [2.24, 2.45) is 0 Å². The molecule has 0 aromatic carbocycles. The fraction of sp³-hybridized carbons (Fsp3) is 1.00. The van der Waals surface area contributed by atoms with Gasteiger partial charge in [0.05, 0.1) is 0 Å². The summed E-state index contributed by atoms with van der Waals surface area (Å²) in [4.78, 5) is 0. The Hall–Kier alpha value is 0.460. The van der Waals surface area contributed by atoms with Gasteiger partial charge in [0, 0.05) is 5.88 Å². The zero-order valence-corrected chi connectivity index (χ0v) is 9.64. The van der Waals surface area contributed by atoms with Crippen molar-refractivity contribution in [1.82, 2.24) is 0 Å². The largest absolute Gasteiger partial charge is 0.342 e. The highest BCUT2D eigenvalue weighted by molar-refractivity contribution is 6.21. The standard InChI is InChI=1S/C9H18Cl2O3/c10-7-5-3-1-2-4-6-8(11)9(12,13)14/h8,12-14H,1-7H2. The van der Waals surface area contributed by atoms with E-state index in [0.717, 1.165) is 32.1 Å². The Morgan fingerprint density at radius 3 is 1.93 bits per heavy atom. The lowest BCUT2D eigenvalue weighted by molar-refractivity contribution is -0.311. The van der Waals surface area contributed by atoms with Crippen molar-refractivity contribution in [3.8, 4) is 0 Å². The van der Waals surface area contributed by atoms with Crippen molar-refractivity contribution in [2.45, 2.75) is 49.9 Å². The number of hydrogen-bond acceptors (Lipinski definition) is 3. The summed E-state index contributed by atoms with van der Waals surface area (Å²) in [6.45, 7) is 0. The van der Waals surface area contributed by atoms with Crippen LogP contribution in [0.2, 0.25) is 0 Å². The van der Waals surface area contributed by atoms with Gasteiger partial charge in [-0.15, -0.1) is 23.2 Å². The molecule has 0 fully saturated rings. The fourth-order valence-electron chi connectivity index (χ4n) is 1.14. The third kappa shape index (κ3) is 7.83. The van der Waals surface area contributed by atoms with Gasteiger partial charge >= 0.3 is 0 Å². The van der Waals surface area contributed by atoms with Crippen molar-refractivity contribution in [2.75, 3.05) is 5.88 Å². The average molecular weight is 245 g/mol. The minimum atomic E-state index is -2.75. The first kappa shape index (κ1) is 14.5. The molecule has 0 saturated heterocycles. The van der Waals surface area contributed by atoms with E-state index in [1.165, 1.54) is 0 Å². The van der Waals surface area contributed by atoms with Gasteiger partial charge in [-0.2, -0.15) is 0 Å². The first-order valence-corrected chi connectivity index (χ1v) is 5.82. The molecule has 0 spiro atoms. The molecular formula is C9H18Cl2O3. The molecule has 0 aromatic heterocycles. The van der Waals surface area contributed by atoms with Crippen LogP contribution >= 0.6 is 23.2 Å². The summed E-state index contributed by atoms with van der Waals surface area (Å²) in [5, 5.41) is 25.0. The molecule has 0 radical (unpaired) electrons. The van der Waals surface area contributed by atoms with Gasteiger partial charge in [-0.1, -0.05) is 25.7 Å². The second-order valence-corrected chi connectivity index (χ2v) is 4.31. The van der Waals surface area contributed by atoms with E-state index in [4.69, 9.17) is 38.5 Å². The topological polar surface area (TPSA) is 60.7 Å². The van der Waals surface area contributed by atoms with Crippen LogP contribution in [0.4, 0.5) is 0 Å². The first-order valence-electron chi connectivity index (χ1n) is 4.85. The van der Waals surface area contributed by atoms with E-state index in [0.29, 0.717) is 12.3 Å². The summed E-state index contributed by atoms with van der Waals surface area (Å²) in [5.41, 5.74) is 0. The summed E-state index contributed by atoms with van der Waals surface area (Å²) < 4.78 is 0. The molecule has 5 heteroatoms. The number of alkyl halides is 2. The molecule has 0 saturated carbocycles. The van der Waals surface area contributed by atoms with Crippen molar-refractivity contribution >= 4 is 23.2 Å². The average Bonchev–Trinajstić information content (AvgIpc) is 2.09. The van der Waals surface area contributed by atoms with E-state index in [-0.39, 0.29) is 0 Å². The number of rotatable bonds is 8. The van der Waals surface area contributed by atoms with E-state index in [1.807, 2.05) is 0 Å². The Bertz CT molecular complexity index is 137. The van der Waals surface area contributed by atoms with Gasteiger partial charge in [0.25, 0.3) is 5.97 Å². The van der Waals surface area contributed by atoms with Gasteiger partial charge in [-0.05, 0) is 12.8 Å². The van der Waals surface area contributed by atoms with Gasteiger partial charge in [-0.3, -0.25) is 0 Å². The van der Waals surface area contributed by atoms with Crippen molar-refractivity contribution < 1.29 is 15.3 Å². The van der Waals surface area contributed by atoms with Gasteiger partial charge < -0.3 is 15.3 Å². The predicted molar refractivity (Wildman–Crippen MR) is 57.5 cm³/mol. The Morgan fingerprint density at radius 1 is 0.929 bits per heavy atom. The summed E-state index contributed by atoms with van der Waals surface area (Å²) in [6, 6.07) is 0. The summed E-state index contributed by atoms with van der Waals surface area (Å²) >= 11 is 11.0. The number of hydrogen-bond donors (Lipinski definition) is 3. The van der Waals surface area contributed by atoms with Crippen molar-refractivity contribution in [3.63, 3.8) is 0 Å². The Labute approximate surface area is 94.6 Å². The van der Waals surface area contributed by atoms with Crippen LogP contribution in [0.5, 0.6) is 0 Å². The number of unbranched alkanes of at least 4 members (excludes halogenated alkanes) is 4. The van der Waals surface area contributed by atoms with Crippen LogP contribution in [0.15, 0.2) is 0 Å².